The minimum Gasteiger partial charge on any atom is -0.444 e. The van der Waals surface area contributed by atoms with Crippen LogP contribution in [0.3, 0.4) is 0 Å². The van der Waals surface area contributed by atoms with Crippen molar-refractivity contribution in [1.29, 1.82) is 0 Å². The first kappa shape index (κ1) is 26.7. The molecule has 1 aromatic heterocycles. The van der Waals surface area contributed by atoms with Crippen molar-refractivity contribution in [2.75, 3.05) is 44.2 Å². The zero-order valence-electron chi connectivity index (χ0n) is 22.8. The molecule has 9 heteroatoms. The Balaban J connectivity index is 1.34. The van der Waals surface area contributed by atoms with Gasteiger partial charge in [-0.2, -0.15) is 5.10 Å². The van der Waals surface area contributed by atoms with Gasteiger partial charge in [-0.25, -0.2) is 13.9 Å². The zero-order chi connectivity index (χ0) is 27.6. The Morgan fingerprint density at radius 1 is 0.846 bits per heavy atom. The van der Waals surface area contributed by atoms with Crippen LogP contribution in [0, 0.1) is 5.82 Å². The van der Waals surface area contributed by atoms with Crippen molar-refractivity contribution in [2.45, 2.75) is 45.1 Å². The molecule has 0 N–H and O–H groups in total. The monoisotopic (exact) mass is 533 g/mol. The van der Waals surface area contributed by atoms with E-state index in [1.807, 2.05) is 60.7 Å². The Morgan fingerprint density at radius 3 is 2.10 bits per heavy atom. The smallest absolute Gasteiger partial charge is 0.410 e. The Labute approximate surface area is 228 Å². The van der Waals surface area contributed by atoms with Crippen LogP contribution in [0.4, 0.5) is 14.9 Å². The number of anilines is 1. The number of hydrogen-bond donors (Lipinski definition) is 0. The average Bonchev–Trinajstić information content (AvgIpc) is 3.38. The molecule has 206 valence electrons. The lowest BCUT2D eigenvalue weighted by Crippen LogP contribution is -2.49. The van der Waals surface area contributed by atoms with Gasteiger partial charge >= 0.3 is 6.09 Å². The Bertz CT molecular complexity index is 1290. The number of carbonyl (C=O) groups excluding carboxylic acids is 2. The molecule has 0 radical (unpaired) electrons. The van der Waals surface area contributed by atoms with Crippen LogP contribution in [-0.2, 0) is 4.74 Å². The molecule has 2 aromatic carbocycles. The number of para-hydroxylation sites is 1. The van der Waals surface area contributed by atoms with Gasteiger partial charge in [0.25, 0.3) is 5.91 Å². The van der Waals surface area contributed by atoms with E-state index in [1.54, 1.807) is 23.2 Å². The first-order valence-electron chi connectivity index (χ1n) is 13.6. The molecule has 39 heavy (non-hydrogen) atoms. The summed E-state index contributed by atoms with van der Waals surface area (Å²) in [5.74, 6) is -0.209. The molecule has 3 heterocycles. The lowest BCUT2D eigenvalue weighted by Gasteiger charge is -2.37. The highest BCUT2D eigenvalue weighted by Gasteiger charge is 2.34. The molecule has 0 aliphatic carbocycles. The summed E-state index contributed by atoms with van der Waals surface area (Å²) in [6, 6.07) is 16.3. The molecule has 2 saturated heterocycles. The lowest BCUT2D eigenvalue weighted by molar-refractivity contribution is 0.0203. The van der Waals surface area contributed by atoms with E-state index in [1.165, 1.54) is 12.1 Å². The highest BCUT2D eigenvalue weighted by Crippen LogP contribution is 2.33. The maximum absolute atomic E-state index is 13.8. The fourth-order valence-electron chi connectivity index (χ4n) is 5.34. The summed E-state index contributed by atoms with van der Waals surface area (Å²) in [6.07, 6.45) is 2.83. The molecule has 2 aliphatic heterocycles. The van der Waals surface area contributed by atoms with Crippen LogP contribution in [0.25, 0.3) is 5.69 Å². The standard InChI is InChI=1S/C30H36FN5O3/c1-30(2,3)39-29(38)35-15-13-22(14-16-35)27-26(21-32-36(27)25-7-5-4-6-8-25)28(37)34-19-17-33(18-20-34)24-11-9-23(31)10-12-24/h4-12,21-22H,13-20H2,1-3H3. The van der Waals surface area contributed by atoms with Crippen LogP contribution < -0.4 is 4.90 Å². The molecule has 3 aromatic rings. The molecular weight excluding hydrogens is 497 g/mol. The molecular formula is C30H36FN5O3. The van der Waals surface area contributed by atoms with Crippen LogP contribution in [0.15, 0.2) is 60.8 Å². The summed E-state index contributed by atoms with van der Waals surface area (Å²) in [4.78, 5) is 32.3. The van der Waals surface area contributed by atoms with Gasteiger partial charge < -0.3 is 19.4 Å². The number of hydrogen-bond acceptors (Lipinski definition) is 5. The van der Waals surface area contributed by atoms with E-state index in [0.717, 1.165) is 29.9 Å². The van der Waals surface area contributed by atoms with E-state index in [4.69, 9.17) is 4.74 Å². The maximum atomic E-state index is 13.8. The molecule has 0 saturated carbocycles. The lowest BCUT2D eigenvalue weighted by atomic mass is 9.90. The number of amides is 2. The Kier molecular flexibility index (Phi) is 7.59. The van der Waals surface area contributed by atoms with E-state index in [-0.39, 0.29) is 23.7 Å². The number of ether oxygens (including phenoxy) is 1. The van der Waals surface area contributed by atoms with Crippen molar-refractivity contribution in [3.05, 3.63) is 77.9 Å². The summed E-state index contributed by atoms with van der Waals surface area (Å²) < 4.78 is 20.8. The van der Waals surface area contributed by atoms with Crippen molar-refractivity contribution in [3.63, 3.8) is 0 Å². The van der Waals surface area contributed by atoms with Gasteiger partial charge in [0, 0.05) is 50.9 Å². The summed E-state index contributed by atoms with van der Waals surface area (Å²) in [5.41, 5.74) is 2.83. The molecule has 0 unspecified atom stereocenters. The van der Waals surface area contributed by atoms with Crippen molar-refractivity contribution >= 4 is 17.7 Å². The largest absolute Gasteiger partial charge is 0.444 e. The predicted octanol–water partition coefficient (Wildman–Crippen LogP) is 5.09. The second-order valence-corrected chi connectivity index (χ2v) is 11.2. The maximum Gasteiger partial charge on any atom is 0.410 e. The molecule has 0 atom stereocenters. The first-order valence-corrected chi connectivity index (χ1v) is 13.6. The number of likely N-dealkylation sites (tertiary alicyclic amines) is 1. The van der Waals surface area contributed by atoms with Crippen molar-refractivity contribution in [1.82, 2.24) is 19.6 Å². The minimum absolute atomic E-state index is 0.0273. The fourth-order valence-corrected chi connectivity index (χ4v) is 5.34. The second kappa shape index (κ2) is 11.1. The summed E-state index contributed by atoms with van der Waals surface area (Å²) in [5, 5.41) is 4.67. The van der Waals surface area contributed by atoms with Crippen LogP contribution in [0.2, 0.25) is 0 Å². The number of rotatable bonds is 4. The summed E-state index contributed by atoms with van der Waals surface area (Å²) in [7, 11) is 0. The normalized spacial score (nSPS) is 16.9. The van der Waals surface area contributed by atoms with Gasteiger partial charge in [0.2, 0.25) is 0 Å². The highest BCUT2D eigenvalue weighted by atomic mass is 19.1. The van der Waals surface area contributed by atoms with Crippen LogP contribution in [0.5, 0.6) is 0 Å². The number of piperidine rings is 1. The molecule has 0 bridgehead atoms. The van der Waals surface area contributed by atoms with E-state index < -0.39 is 5.60 Å². The third-order valence-electron chi connectivity index (χ3n) is 7.33. The van der Waals surface area contributed by atoms with Gasteiger partial charge in [-0.1, -0.05) is 18.2 Å². The van der Waals surface area contributed by atoms with E-state index in [0.29, 0.717) is 44.8 Å². The second-order valence-electron chi connectivity index (χ2n) is 11.2. The van der Waals surface area contributed by atoms with Gasteiger partial charge in [0.15, 0.2) is 0 Å². The number of nitrogens with zero attached hydrogens (tertiary/aromatic N) is 5. The van der Waals surface area contributed by atoms with Crippen LogP contribution in [0.1, 0.15) is 55.6 Å². The third-order valence-corrected chi connectivity index (χ3v) is 7.33. The third kappa shape index (κ3) is 6.08. The number of carbonyl (C=O) groups is 2. The van der Waals surface area contributed by atoms with E-state index >= 15 is 0 Å². The van der Waals surface area contributed by atoms with Crippen molar-refractivity contribution in [3.8, 4) is 5.69 Å². The van der Waals surface area contributed by atoms with Crippen LogP contribution >= 0.6 is 0 Å². The average molecular weight is 534 g/mol. The predicted molar refractivity (Wildman–Crippen MR) is 148 cm³/mol. The van der Waals surface area contributed by atoms with Crippen molar-refractivity contribution in [2.24, 2.45) is 0 Å². The SMILES string of the molecule is CC(C)(C)OC(=O)N1CCC(c2c(C(=O)N3CCN(c4ccc(F)cc4)CC3)cnn2-c2ccccc2)CC1. The summed E-state index contributed by atoms with van der Waals surface area (Å²) >= 11 is 0. The molecule has 2 aliphatic rings. The highest BCUT2D eigenvalue weighted by molar-refractivity contribution is 5.95. The molecule has 8 nitrogen and oxygen atoms in total. The molecule has 2 fully saturated rings. The van der Waals surface area contributed by atoms with Gasteiger partial charge in [0.05, 0.1) is 23.1 Å². The topological polar surface area (TPSA) is 70.9 Å². The zero-order valence-corrected chi connectivity index (χ0v) is 22.8. The number of piperazine rings is 1. The van der Waals surface area contributed by atoms with Crippen molar-refractivity contribution < 1.29 is 18.7 Å². The van der Waals surface area contributed by atoms with Crippen LogP contribution in [-0.4, -0.2) is 76.5 Å². The Hall–Kier alpha value is -3.88. The van der Waals surface area contributed by atoms with Gasteiger partial charge in [-0.15, -0.1) is 0 Å². The van der Waals surface area contributed by atoms with Gasteiger partial charge in [-0.3, -0.25) is 4.79 Å². The minimum atomic E-state index is -0.541. The fraction of sp³-hybridized carbons (Fsp3) is 0.433. The summed E-state index contributed by atoms with van der Waals surface area (Å²) in [6.45, 7) is 9.22. The number of benzene rings is 2. The van der Waals surface area contributed by atoms with Gasteiger partial charge in [0.1, 0.15) is 11.4 Å². The van der Waals surface area contributed by atoms with E-state index in [9.17, 15) is 14.0 Å². The Morgan fingerprint density at radius 2 is 1.49 bits per heavy atom. The molecule has 2 amide bonds. The molecule has 5 rings (SSSR count). The van der Waals surface area contributed by atoms with Gasteiger partial charge in [-0.05, 0) is 70.0 Å². The molecule has 0 spiro atoms. The number of halogens is 1. The quantitative estimate of drug-likeness (QED) is 0.467. The number of aromatic nitrogens is 2. The van der Waals surface area contributed by atoms with E-state index in [2.05, 4.69) is 10.00 Å². The first-order chi connectivity index (χ1) is 18.7.